The molecule has 1 aliphatic heterocycles. The second kappa shape index (κ2) is 9.93. The molecule has 188 valence electrons. The van der Waals surface area contributed by atoms with Gasteiger partial charge in [-0.05, 0) is 66.6 Å². The first-order valence-electron chi connectivity index (χ1n) is 12.3. The number of fused-ring (bicyclic) bond motifs is 1. The highest BCUT2D eigenvalue weighted by atomic mass is 16.5. The number of hydrogen-bond donors (Lipinski definition) is 2. The normalized spacial score (nSPS) is 18.5. The molecule has 1 amide bonds. The van der Waals surface area contributed by atoms with E-state index in [1.54, 1.807) is 54.6 Å². The van der Waals surface area contributed by atoms with Gasteiger partial charge < -0.3 is 14.9 Å². The maximum atomic E-state index is 13.5. The number of benzene rings is 3. The van der Waals surface area contributed by atoms with E-state index in [2.05, 4.69) is 0 Å². The predicted molar refractivity (Wildman–Crippen MR) is 139 cm³/mol. The zero-order valence-electron chi connectivity index (χ0n) is 20.4. The number of nitrogens with zero attached hydrogens (tertiary/aromatic N) is 1. The van der Waals surface area contributed by atoms with Crippen molar-refractivity contribution in [3.63, 3.8) is 0 Å². The summed E-state index contributed by atoms with van der Waals surface area (Å²) >= 11 is 0. The molecule has 0 aromatic heterocycles. The molecule has 1 saturated heterocycles. The van der Waals surface area contributed by atoms with Crippen LogP contribution in [0.5, 0.6) is 5.75 Å². The highest BCUT2D eigenvalue weighted by molar-refractivity contribution is 6.51. The second-order valence-corrected chi connectivity index (χ2v) is 9.34. The standard InChI is InChI=1S/C30H27NO6/c1-37-24-9-5-4-8-23(24)27-26(28(34)21-13-12-19-6-2-3-7-20(19)17-21)29(35)30(36)31(27)22-14-10-18(11-15-22)16-25(32)33/h4-5,8-15,17,27,34H,2-3,6-7,16H2,1H3,(H,32,33)/b28-26+. The van der Waals surface area contributed by atoms with E-state index in [1.165, 1.54) is 17.6 Å². The molecule has 2 aliphatic rings. The number of carboxylic acids is 1. The number of aliphatic carboxylic acids is 1. The van der Waals surface area contributed by atoms with Crippen molar-refractivity contribution in [1.29, 1.82) is 0 Å². The Bertz CT molecular complexity index is 1420. The van der Waals surface area contributed by atoms with Crippen LogP contribution in [0, 0.1) is 0 Å². The van der Waals surface area contributed by atoms with Crippen molar-refractivity contribution < 1.29 is 29.3 Å². The highest BCUT2D eigenvalue weighted by Gasteiger charge is 2.48. The Kier molecular flexibility index (Phi) is 6.53. The topological polar surface area (TPSA) is 104 Å². The van der Waals surface area contributed by atoms with Gasteiger partial charge in [0.2, 0.25) is 0 Å². The van der Waals surface area contributed by atoms with Gasteiger partial charge in [-0.3, -0.25) is 19.3 Å². The summed E-state index contributed by atoms with van der Waals surface area (Å²) in [6.07, 6.45) is 3.93. The Balaban J connectivity index is 1.67. The maximum Gasteiger partial charge on any atom is 0.307 e. The van der Waals surface area contributed by atoms with Gasteiger partial charge >= 0.3 is 5.97 Å². The molecule has 0 spiro atoms. The van der Waals surface area contributed by atoms with Crippen LogP contribution >= 0.6 is 0 Å². The van der Waals surface area contributed by atoms with E-state index in [4.69, 9.17) is 9.84 Å². The number of ether oxygens (including phenoxy) is 1. The second-order valence-electron chi connectivity index (χ2n) is 9.34. The minimum atomic E-state index is -0.965. The van der Waals surface area contributed by atoms with Crippen LogP contribution in [0.3, 0.4) is 0 Å². The third-order valence-electron chi connectivity index (χ3n) is 7.07. The van der Waals surface area contributed by atoms with Gasteiger partial charge in [0.25, 0.3) is 11.7 Å². The van der Waals surface area contributed by atoms with Gasteiger partial charge in [0.15, 0.2) is 0 Å². The van der Waals surface area contributed by atoms with Crippen LogP contribution in [-0.4, -0.2) is 35.0 Å². The SMILES string of the molecule is COc1ccccc1C1/C(=C(\O)c2ccc3c(c2)CCCC3)C(=O)C(=O)N1c1ccc(CC(=O)O)cc1. The molecule has 5 rings (SSSR count). The largest absolute Gasteiger partial charge is 0.507 e. The van der Waals surface area contributed by atoms with Crippen molar-refractivity contribution in [2.45, 2.75) is 38.1 Å². The number of rotatable bonds is 6. The zero-order chi connectivity index (χ0) is 26.1. The molecule has 1 heterocycles. The van der Waals surface area contributed by atoms with Crippen molar-refractivity contribution >= 4 is 29.1 Å². The van der Waals surface area contributed by atoms with Crippen LogP contribution in [0.15, 0.2) is 72.3 Å². The number of carbonyl (C=O) groups is 3. The van der Waals surface area contributed by atoms with E-state index in [0.717, 1.165) is 31.2 Å². The number of Topliss-reactive ketones (excluding diaryl/α,β-unsaturated/α-hetero) is 1. The molecule has 37 heavy (non-hydrogen) atoms. The van der Waals surface area contributed by atoms with Crippen molar-refractivity contribution in [2.24, 2.45) is 0 Å². The number of methoxy groups -OCH3 is 1. The molecule has 2 N–H and O–H groups in total. The number of aliphatic hydroxyl groups excluding tert-OH is 1. The van der Waals surface area contributed by atoms with Crippen LogP contribution in [-0.2, 0) is 33.6 Å². The van der Waals surface area contributed by atoms with Crippen molar-refractivity contribution in [3.8, 4) is 5.75 Å². The monoisotopic (exact) mass is 497 g/mol. The predicted octanol–water partition coefficient (Wildman–Crippen LogP) is 4.83. The summed E-state index contributed by atoms with van der Waals surface area (Å²) in [4.78, 5) is 39.3. The first-order valence-corrected chi connectivity index (χ1v) is 12.3. The highest BCUT2D eigenvalue weighted by Crippen LogP contribution is 2.45. The van der Waals surface area contributed by atoms with Gasteiger partial charge in [0, 0.05) is 16.8 Å². The first kappa shape index (κ1) is 24.3. The number of carbonyl (C=O) groups excluding carboxylic acids is 2. The van der Waals surface area contributed by atoms with Crippen LogP contribution in [0.2, 0.25) is 0 Å². The number of anilines is 1. The van der Waals surface area contributed by atoms with Crippen LogP contribution in [0.1, 0.15) is 46.7 Å². The first-order chi connectivity index (χ1) is 17.9. The van der Waals surface area contributed by atoms with E-state index in [-0.39, 0.29) is 17.8 Å². The number of aryl methyl sites for hydroxylation is 2. The molecule has 0 bridgehead atoms. The summed E-state index contributed by atoms with van der Waals surface area (Å²) in [5.41, 5.74) is 4.40. The number of hydrogen-bond acceptors (Lipinski definition) is 5. The molecule has 1 fully saturated rings. The third kappa shape index (κ3) is 4.48. The van der Waals surface area contributed by atoms with E-state index in [1.807, 2.05) is 12.1 Å². The molecule has 1 aliphatic carbocycles. The van der Waals surface area contributed by atoms with Gasteiger partial charge in [-0.25, -0.2) is 0 Å². The molecule has 1 atom stereocenters. The molecule has 1 unspecified atom stereocenters. The fraction of sp³-hybridized carbons (Fsp3) is 0.233. The molecular formula is C30H27NO6. The fourth-order valence-electron chi connectivity index (χ4n) is 5.27. The molecular weight excluding hydrogens is 470 g/mol. The van der Waals surface area contributed by atoms with E-state index >= 15 is 0 Å². The molecule has 7 heteroatoms. The quantitative estimate of drug-likeness (QED) is 0.287. The number of para-hydroxylation sites is 1. The molecule has 7 nitrogen and oxygen atoms in total. The fourth-order valence-corrected chi connectivity index (χ4v) is 5.27. The van der Waals surface area contributed by atoms with Crippen molar-refractivity contribution in [3.05, 3.63) is 100 Å². The third-order valence-corrected chi connectivity index (χ3v) is 7.07. The van der Waals surface area contributed by atoms with Gasteiger partial charge in [-0.1, -0.05) is 42.5 Å². The average molecular weight is 498 g/mol. The van der Waals surface area contributed by atoms with Crippen LogP contribution < -0.4 is 9.64 Å². The lowest BCUT2D eigenvalue weighted by molar-refractivity contribution is -0.136. The molecule has 0 radical (unpaired) electrons. The zero-order valence-corrected chi connectivity index (χ0v) is 20.4. The lowest BCUT2D eigenvalue weighted by atomic mass is 9.88. The van der Waals surface area contributed by atoms with E-state index in [9.17, 15) is 19.5 Å². The van der Waals surface area contributed by atoms with Gasteiger partial charge in [-0.15, -0.1) is 0 Å². The van der Waals surface area contributed by atoms with Gasteiger partial charge in [0.1, 0.15) is 11.5 Å². The minimum absolute atomic E-state index is 0.0140. The van der Waals surface area contributed by atoms with Crippen LogP contribution in [0.4, 0.5) is 5.69 Å². The van der Waals surface area contributed by atoms with Crippen LogP contribution in [0.25, 0.3) is 5.76 Å². The Morgan fingerprint density at radius 3 is 2.35 bits per heavy atom. The minimum Gasteiger partial charge on any atom is -0.507 e. The van der Waals surface area contributed by atoms with Crippen molar-refractivity contribution in [1.82, 2.24) is 0 Å². The lowest BCUT2D eigenvalue weighted by Gasteiger charge is -2.27. The smallest absolute Gasteiger partial charge is 0.307 e. The van der Waals surface area contributed by atoms with E-state index in [0.29, 0.717) is 28.1 Å². The lowest BCUT2D eigenvalue weighted by Crippen LogP contribution is -2.29. The van der Waals surface area contributed by atoms with Crippen molar-refractivity contribution in [2.75, 3.05) is 12.0 Å². The maximum absolute atomic E-state index is 13.5. The summed E-state index contributed by atoms with van der Waals surface area (Å²) in [5, 5.41) is 20.6. The number of amides is 1. The Hall–Kier alpha value is -4.39. The molecule has 0 saturated carbocycles. The Morgan fingerprint density at radius 2 is 1.65 bits per heavy atom. The molecule has 3 aromatic carbocycles. The van der Waals surface area contributed by atoms with E-state index < -0.39 is 23.7 Å². The summed E-state index contributed by atoms with van der Waals surface area (Å²) in [5.74, 6) is -2.29. The number of aliphatic hydroxyl groups is 1. The molecule has 3 aromatic rings. The summed E-state index contributed by atoms with van der Waals surface area (Å²) < 4.78 is 5.56. The Labute approximate surface area is 214 Å². The summed E-state index contributed by atoms with van der Waals surface area (Å²) in [6, 6.07) is 18.3. The number of carboxylic acid groups (broad SMARTS) is 1. The van der Waals surface area contributed by atoms with Gasteiger partial charge in [0.05, 0.1) is 25.1 Å². The van der Waals surface area contributed by atoms with Gasteiger partial charge in [-0.2, -0.15) is 0 Å². The Morgan fingerprint density at radius 1 is 0.946 bits per heavy atom. The number of ketones is 1. The summed E-state index contributed by atoms with van der Waals surface area (Å²) in [6.45, 7) is 0. The summed E-state index contributed by atoms with van der Waals surface area (Å²) in [7, 11) is 1.51. The average Bonchev–Trinajstić information content (AvgIpc) is 3.18.